The monoisotopic (exact) mass is 463 g/mol. The number of hydrogen-bond donors (Lipinski definition) is 1. The number of carbonyl (C=O) groups is 1. The smallest absolute Gasteiger partial charge is 0.224 e. The van der Waals surface area contributed by atoms with E-state index in [9.17, 15) is 13.6 Å². The Morgan fingerprint density at radius 3 is 2.71 bits per heavy atom. The van der Waals surface area contributed by atoms with Crippen molar-refractivity contribution in [1.29, 1.82) is 0 Å². The summed E-state index contributed by atoms with van der Waals surface area (Å²) < 4.78 is 35.3. The number of anilines is 1. The maximum absolute atomic E-state index is 14.4. The number of rotatable bonds is 6. The van der Waals surface area contributed by atoms with Gasteiger partial charge in [-0.05, 0) is 55.3 Å². The Hall–Kier alpha value is -3.88. The van der Waals surface area contributed by atoms with Crippen LogP contribution in [0.1, 0.15) is 37.4 Å². The quantitative estimate of drug-likeness (QED) is 0.426. The van der Waals surface area contributed by atoms with Crippen molar-refractivity contribution in [1.82, 2.24) is 19.7 Å². The largest absolute Gasteiger partial charge is 0.441 e. The summed E-state index contributed by atoms with van der Waals surface area (Å²) in [5.74, 6) is 1.25. The lowest BCUT2D eigenvalue weighted by molar-refractivity contribution is -0.116. The fraction of sp³-hybridized carbons (Fsp3) is 0.280. The van der Waals surface area contributed by atoms with E-state index in [1.54, 1.807) is 24.3 Å². The van der Waals surface area contributed by atoms with Crippen molar-refractivity contribution in [2.75, 3.05) is 5.32 Å². The molecule has 2 aromatic carbocycles. The molecule has 0 saturated heterocycles. The highest BCUT2D eigenvalue weighted by Gasteiger charge is 2.18. The molecule has 0 bridgehead atoms. The van der Waals surface area contributed by atoms with Crippen molar-refractivity contribution < 1.29 is 18.0 Å². The van der Waals surface area contributed by atoms with Crippen LogP contribution in [-0.4, -0.2) is 25.7 Å². The van der Waals surface area contributed by atoms with Gasteiger partial charge in [-0.15, -0.1) is 10.2 Å². The van der Waals surface area contributed by atoms with Gasteiger partial charge in [-0.25, -0.2) is 13.8 Å². The van der Waals surface area contributed by atoms with Crippen LogP contribution in [0.3, 0.4) is 0 Å². The van der Waals surface area contributed by atoms with Gasteiger partial charge in [0.15, 0.2) is 17.5 Å². The van der Waals surface area contributed by atoms with Crippen molar-refractivity contribution in [3.63, 3.8) is 0 Å². The first-order chi connectivity index (χ1) is 16.6. The van der Waals surface area contributed by atoms with E-state index in [-0.39, 0.29) is 30.3 Å². The molecule has 0 fully saturated rings. The molecule has 0 aliphatic carbocycles. The Kier molecular flexibility index (Phi) is 6.16. The van der Waals surface area contributed by atoms with E-state index >= 15 is 0 Å². The molecule has 1 N–H and O–H groups in total. The highest BCUT2D eigenvalue weighted by Crippen LogP contribution is 2.27. The Balaban J connectivity index is 1.25. The number of amides is 1. The first kappa shape index (κ1) is 21.9. The van der Waals surface area contributed by atoms with Crippen molar-refractivity contribution in [3.05, 3.63) is 72.0 Å². The van der Waals surface area contributed by atoms with Crippen LogP contribution in [0.2, 0.25) is 0 Å². The minimum absolute atomic E-state index is 0.0629. The molecular weight excluding hydrogens is 440 g/mol. The lowest BCUT2D eigenvalue weighted by Gasteiger charge is -2.10. The molecule has 0 saturated carbocycles. The molecule has 0 unspecified atom stereocenters. The number of hydrogen-bond acceptors (Lipinski definition) is 5. The predicted octanol–water partition coefficient (Wildman–Crippen LogP) is 5.18. The third kappa shape index (κ3) is 4.73. The molecular formula is C25H23F2N5O2. The summed E-state index contributed by atoms with van der Waals surface area (Å²) in [6.07, 6.45) is 5.99. The fourth-order valence-electron chi connectivity index (χ4n) is 4.07. The molecule has 0 radical (unpaired) electrons. The average Bonchev–Trinajstić information content (AvgIpc) is 3.41. The van der Waals surface area contributed by atoms with E-state index in [0.29, 0.717) is 28.6 Å². The van der Waals surface area contributed by atoms with Crippen LogP contribution >= 0.6 is 0 Å². The zero-order valence-corrected chi connectivity index (χ0v) is 18.4. The van der Waals surface area contributed by atoms with Crippen molar-refractivity contribution in [2.24, 2.45) is 0 Å². The van der Waals surface area contributed by atoms with Gasteiger partial charge in [-0.2, -0.15) is 0 Å². The Bertz CT molecular complexity index is 1310. The minimum Gasteiger partial charge on any atom is -0.441 e. The van der Waals surface area contributed by atoms with Gasteiger partial charge in [0.05, 0.1) is 11.9 Å². The minimum atomic E-state index is -0.526. The highest BCUT2D eigenvalue weighted by molar-refractivity contribution is 5.91. The van der Waals surface area contributed by atoms with E-state index < -0.39 is 5.82 Å². The van der Waals surface area contributed by atoms with Gasteiger partial charge < -0.3 is 14.3 Å². The molecule has 3 heterocycles. The van der Waals surface area contributed by atoms with Crippen LogP contribution in [0, 0.1) is 11.6 Å². The second-order valence-electron chi connectivity index (χ2n) is 8.27. The number of aryl methyl sites for hydroxylation is 2. The number of halogens is 2. The van der Waals surface area contributed by atoms with Gasteiger partial charge >= 0.3 is 0 Å². The summed E-state index contributed by atoms with van der Waals surface area (Å²) in [4.78, 5) is 16.7. The molecule has 5 rings (SSSR count). The second kappa shape index (κ2) is 9.54. The van der Waals surface area contributed by atoms with Gasteiger partial charge in [0.1, 0.15) is 17.5 Å². The lowest BCUT2D eigenvalue weighted by Crippen LogP contribution is -2.13. The number of carbonyl (C=O) groups excluding carboxylic acids is 1. The van der Waals surface area contributed by atoms with Crippen molar-refractivity contribution >= 4 is 11.6 Å². The van der Waals surface area contributed by atoms with E-state index in [2.05, 4.69) is 25.1 Å². The van der Waals surface area contributed by atoms with Crippen LogP contribution < -0.4 is 5.32 Å². The molecule has 2 aromatic heterocycles. The topological polar surface area (TPSA) is 85.8 Å². The summed E-state index contributed by atoms with van der Waals surface area (Å²) in [5, 5.41) is 11.2. The summed E-state index contributed by atoms with van der Waals surface area (Å²) in [6, 6.07) is 10.4. The molecule has 174 valence electrons. The summed E-state index contributed by atoms with van der Waals surface area (Å²) in [7, 11) is 0. The molecule has 4 aromatic rings. The maximum atomic E-state index is 14.4. The first-order valence-electron chi connectivity index (χ1n) is 11.3. The van der Waals surface area contributed by atoms with Crippen LogP contribution in [0.5, 0.6) is 0 Å². The fourth-order valence-corrected chi connectivity index (χ4v) is 4.07. The predicted molar refractivity (Wildman–Crippen MR) is 122 cm³/mol. The first-order valence-corrected chi connectivity index (χ1v) is 11.3. The number of oxazole rings is 1. The molecule has 0 atom stereocenters. The maximum Gasteiger partial charge on any atom is 0.224 e. The number of aromatic nitrogens is 4. The number of nitrogens with one attached hydrogen (secondary N) is 1. The van der Waals surface area contributed by atoms with Crippen molar-refractivity contribution in [2.45, 2.75) is 45.1 Å². The van der Waals surface area contributed by atoms with Crippen LogP contribution in [0.25, 0.3) is 22.7 Å². The van der Waals surface area contributed by atoms with E-state index in [1.165, 1.54) is 24.4 Å². The molecule has 0 spiro atoms. The van der Waals surface area contributed by atoms with Gasteiger partial charge in [-0.1, -0.05) is 6.42 Å². The lowest BCUT2D eigenvalue weighted by atomic mass is 10.1. The molecule has 1 aliphatic heterocycles. The zero-order valence-electron chi connectivity index (χ0n) is 18.4. The Labute approximate surface area is 194 Å². The second-order valence-corrected chi connectivity index (χ2v) is 8.27. The van der Waals surface area contributed by atoms with Gasteiger partial charge in [-0.3, -0.25) is 4.79 Å². The normalized spacial score (nSPS) is 13.4. The molecule has 1 aliphatic rings. The third-order valence-corrected chi connectivity index (χ3v) is 5.86. The third-order valence-electron chi connectivity index (χ3n) is 5.86. The molecule has 1 amide bonds. The summed E-state index contributed by atoms with van der Waals surface area (Å²) in [5.41, 5.74) is 1.48. The van der Waals surface area contributed by atoms with Crippen LogP contribution in [0.4, 0.5) is 14.5 Å². The van der Waals surface area contributed by atoms with E-state index in [1.807, 2.05) is 0 Å². The Morgan fingerprint density at radius 2 is 1.85 bits per heavy atom. The van der Waals surface area contributed by atoms with Gasteiger partial charge in [0, 0.05) is 36.9 Å². The summed E-state index contributed by atoms with van der Waals surface area (Å²) >= 11 is 0. The van der Waals surface area contributed by atoms with Crippen LogP contribution in [-0.2, 0) is 24.2 Å². The Morgan fingerprint density at radius 1 is 1.03 bits per heavy atom. The average molecular weight is 463 g/mol. The number of benzene rings is 2. The van der Waals surface area contributed by atoms with E-state index in [4.69, 9.17) is 4.42 Å². The standard InChI is InChI=1S/C25H23F2N5O2/c26-18-8-5-16(6-9-18)21-15-28-24(34-21)12-11-23(33)29-20-14-17(7-10-19(20)27)25-31-30-22-4-2-1-3-13-32(22)25/h5-10,14-15H,1-4,11-13H2,(H,29,33). The van der Waals surface area contributed by atoms with Crippen LogP contribution in [0.15, 0.2) is 53.1 Å². The van der Waals surface area contributed by atoms with Gasteiger partial charge in [0.25, 0.3) is 0 Å². The van der Waals surface area contributed by atoms with E-state index in [0.717, 1.165) is 38.1 Å². The van der Waals surface area contributed by atoms with Crippen molar-refractivity contribution in [3.8, 4) is 22.7 Å². The molecule has 7 nitrogen and oxygen atoms in total. The zero-order chi connectivity index (χ0) is 23.5. The number of fused-ring (bicyclic) bond motifs is 1. The highest BCUT2D eigenvalue weighted by atomic mass is 19.1. The van der Waals surface area contributed by atoms with Gasteiger partial charge in [0.2, 0.25) is 5.91 Å². The summed E-state index contributed by atoms with van der Waals surface area (Å²) in [6.45, 7) is 0.826. The SMILES string of the molecule is O=C(CCc1ncc(-c2ccc(F)cc2)o1)Nc1cc(-c2nnc3n2CCCCC3)ccc1F. The molecule has 9 heteroatoms. The number of nitrogens with zero attached hydrogens (tertiary/aromatic N) is 4. The molecule has 34 heavy (non-hydrogen) atoms.